The minimum atomic E-state index is -0.748. The Kier molecular flexibility index (Phi) is 3.75. The topological polar surface area (TPSA) is 59.3 Å². The highest BCUT2D eigenvalue weighted by Crippen LogP contribution is 2.10. The molecule has 1 heterocycles. The third kappa shape index (κ3) is 3.07. The summed E-state index contributed by atoms with van der Waals surface area (Å²) in [4.78, 5) is 23.4. The number of hydrogen-bond acceptors (Lipinski definition) is 3. The van der Waals surface area contributed by atoms with Crippen molar-refractivity contribution in [2.24, 2.45) is 0 Å². The quantitative estimate of drug-likeness (QED) is 0.678. The number of halogens is 1. The molecular formula is C14H12FNO3. The standard InChI is InChI=1S/C14H12FNO3/c1-9-7-10(4-5-12(9)15)13(17)14(18)16-8-11-3-2-6-19-11/h2-7H,8H2,1H3,(H,16,18). The van der Waals surface area contributed by atoms with E-state index >= 15 is 0 Å². The molecule has 1 aromatic heterocycles. The summed E-state index contributed by atoms with van der Waals surface area (Å²) in [6.07, 6.45) is 1.48. The van der Waals surface area contributed by atoms with E-state index in [1.54, 1.807) is 12.1 Å². The van der Waals surface area contributed by atoms with Gasteiger partial charge in [0.2, 0.25) is 5.78 Å². The molecule has 0 fully saturated rings. The van der Waals surface area contributed by atoms with E-state index in [-0.39, 0.29) is 12.1 Å². The van der Waals surface area contributed by atoms with Crippen molar-refractivity contribution in [2.45, 2.75) is 13.5 Å². The van der Waals surface area contributed by atoms with Crippen LogP contribution in [0.5, 0.6) is 0 Å². The zero-order valence-electron chi connectivity index (χ0n) is 10.3. The second-order valence-corrected chi connectivity index (χ2v) is 4.06. The van der Waals surface area contributed by atoms with E-state index in [4.69, 9.17) is 4.42 Å². The lowest BCUT2D eigenvalue weighted by Gasteiger charge is -2.04. The number of nitrogens with one attached hydrogen (secondary N) is 1. The van der Waals surface area contributed by atoms with E-state index in [0.717, 1.165) is 0 Å². The zero-order valence-corrected chi connectivity index (χ0v) is 10.3. The summed E-state index contributed by atoms with van der Waals surface area (Å²) in [5.41, 5.74) is 0.487. The maximum absolute atomic E-state index is 13.1. The van der Waals surface area contributed by atoms with Crippen molar-refractivity contribution in [1.29, 1.82) is 0 Å². The van der Waals surface area contributed by atoms with Crippen molar-refractivity contribution in [3.8, 4) is 0 Å². The van der Waals surface area contributed by atoms with E-state index < -0.39 is 17.5 Å². The van der Waals surface area contributed by atoms with E-state index in [1.165, 1.54) is 31.4 Å². The predicted molar refractivity (Wildman–Crippen MR) is 66.0 cm³/mol. The van der Waals surface area contributed by atoms with Gasteiger partial charge in [0.15, 0.2) is 0 Å². The molecule has 0 atom stereocenters. The molecule has 1 amide bonds. The molecule has 0 saturated carbocycles. The Morgan fingerprint density at radius 2 is 2.11 bits per heavy atom. The molecule has 0 aliphatic heterocycles. The average Bonchev–Trinajstić information content (AvgIpc) is 2.91. The molecule has 2 aromatic rings. The zero-order chi connectivity index (χ0) is 13.8. The number of hydrogen-bond donors (Lipinski definition) is 1. The van der Waals surface area contributed by atoms with Crippen molar-refractivity contribution in [3.05, 3.63) is 59.3 Å². The van der Waals surface area contributed by atoms with Gasteiger partial charge in [0.05, 0.1) is 12.8 Å². The number of aryl methyl sites for hydroxylation is 1. The van der Waals surface area contributed by atoms with Crippen LogP contribution >= 0.6 is 0 Å². The largest absolute Gasteiger partial charge is 0.467 e. The molecule has 1 N–H and O–H groups in total. The molecule has 0 aliphatic carbocycles. The maximum Gasteiger partial charge on any atom is 0.292 e. The van der Waals surface area contributed by atoms with Crippen LogP contribution in [0.4, 0.5) is 4.39 Å². The molecular weight excluding hydrogens is 249 g/mol. The van der Waals surface area contributed by atoms with E-state index in [0.29, 0.717) is 11.3 Å². The van der Waals surface area contributed by atoms with E-state index in [1.807, 2.05) is 0 Å². The lowest BCUT2D eigenvalue weighted by molar-refractivity contribution is -0.117. The van der Waals surface area contributed by atoms with Crippen LogP contribution in [0.25, 0.3) is 0 Å². The van der Waals surface area contributed by atoms with E-state index in [9.17, 15) is 14.0 Å². The van der Waals surface area contributed by atoms with Gasteiger partial charge in [0.25, 0.3) is 5.91 Å². The first-order valence-corrected chi connectivity index (χ1v) is 5.69. The molecule has 1 aromatic carbocycles. The highest BCUT2D eigenvalue weighted by Gasteiger charge is 2.16. The Labute approximate surface area is 109 Å². The fraction of sp³-hybridized carbons (Fsp3) is 0.143. The summed E-state index contributed by atoms with van der Waals surface area (Å²) in [7, 11) is 0. The number of Topliss-reactive ketones (excluding diaryl/α,β-unsaturated/α-hetero) is 1. The van der Waals surface area contributed by atoms with E-state index in [2.05, 4.69) is 5.32 Å². The number of carbonyl (C=O) groups is 2. The van der Waals surface area contributed by atoms with Crippen LogP contribution in [0.1, 0.15) is 21.7 Å². The number of ketones is 1. The van der Waals surface area contributed by atoms with Gasteiger partial charge in [-0.3, -0.25) is 9.59 Å². The van der Waals surface area contributed by atoms with Gasteiger partial charge in [-0.2, -0.15) is 0 Å². The van der Waals surface area contributed by atoms with Crippen LogP contribution in [-0.2, 0) is 11.3 Å². The first kappa shape index (κ1) is 13.0. The highest BCUT2D eigenvalue weighted by atomic mass is 19.1. The molecule has 2 rings (SSSR count). The Morgan fingerprint density at radius 1 is 1.32 bits per heavy atom. The van der Waals surface area contributed by atoms with Crippen molar-refractivity contribution >= 4 is 11.7 Å². The summed E-state index contributed by atoms with van der Waals surface area (Å²) in [5.74, 6) is -1.30. The Balaban J connectivity index is 2.02. The lowest BCUT2D eigenvalue weighted by Crippen LogP contribution is -2.30. The molecule has 0 unspecified atom stereocenters. The van der Waals surface area contributed by atoms with Crippen molar-refractivity contribution < 1.29 is 18.4 Å². The minimum Gasteiger partial charge on any atom is -0.467 e. The molecule has 5 heteroatoms. The lowest BCUT2D eigenvalue weighted by atomic mass is 10.1. The third-order valence-electron chi connectivity index (χ3n) is 2.63. The van der Waals surface area contributed by atoms with Crippen LogP contribution in [0, 0.1) is 12.7 Å². The molecule has 0 spiro atoms. The molecule has 98 valence electrons. The van der Waals surface area contributed by atoms with Crippen LogP contribution in [-0.4, -0.2) is 11.7 Å². The van der Waals surface area contributed by atoms with Gasteiger partial charge in [0.1, 0.15) is 11.6 Å². The summed E-state index contributed by atoms with van der Waals surface area (Å²) in [5, 5.41) is 2.44. The molecule has 0 bridgehead atoms. The van der Waals surface area contributed by atoms with Crippen molar-refractivity contribution in [1.82, 2.24) is 5.32 Å². The van der Waals surface area contributed by atoms with Gasteiger partial charge in [-0.1, -0.05) is 0 Å². The first-order valence-electron chi connectivity index (χ1n) is 5.69. The van der Waals surface area contributed by atoms with Crippen LogP contribution < -0.4 is 5.32 Å². The normalized spacial score (nSPS) is 10.2. The molecule has 19 heavy (non-hydrogen) atoms. The fourth-order valence-electron chi connectivity index (χ4n) is 1.58. The number of amides is 1. The van der Waals surface area contributed by atoms with Gasteiger partial charge in [-0.25, -0.2) is 4.39 Å². The monoisotopic (exact) mass is 261 g/mol. The molecule has 0 saturated heterocycles. The fourth-order valence-corrected chi connectivity index (χ4v) is 1.58. The summed E-state index contributed by atoms with van der Waals surface area (Å²) < 4.78 is 18.1. The highest BCUT2D eigenvalue weighted by molar-refractivity contribution is 6.42. The van der Waals surface area contributed by atoms with Gasteiger partial charge >= 0.3 is 0 Å². The second kappa shape index (κ2) is 5.48. The first-order chi connectivity index (χ1) is 9.08. The SMILES string of the molecule is Cc1cc(C(=O)C(=O)NCc2ccco2)ccc1F. The number of carbonyl (C=O) groups excluding carboxylic acids is 2. The predicted octanol–water partition coefficient (Wildman–Crippen LogP) is 2.23. The Hall–Kier alpha value is -2.43. The van der Waals surface area contributed by atoms with Crippen LogP contribution in [0.15, 0.2) is 41.0 Å². The molecule has 0 aliphatic rings. The average molecular weight is 261 g/mol. The Bertz CT molecular complexity index is 605. The third-order valence-corrected chi connectivity index (χ3v) is 2.63. The van der Waals surface area contributed by atoms with Crippen LogP contribution in [0.3, 0.4) is 0 Å². The number of benzene rings is 1. The number of rotatable bonds is 4. The minimum absolute atomic E-state index is 0.137. The van der Waals surface area contributed by atoms with Crippen LogP contribution in [0.2, 0.25) is 0 Å². The van der Waals surface area contributed by atoms with Gasteiger partial charge in [0, 0.05) is 5.56 Å². The van der Waals surface area contributed by atoms with Gasteiger partial charge in [-0.15, -0.1) is 0 Å². The smallest absolute Gasteiger partial charge is 0.292 e. The summed E-state index contributed by atoms with van der Waals surface area (Å²) >= 11 is 0. The van der Waals surface area contributed by atoms with Crippen molar-refractivity contribution in [3.63, 3.8) is 0 Å². The molecule has 4 nitrogen and oxygen atoms in total. The summed E-state index contributed by atoms with van der Waals surface area (Å²) in [6, 6.07) is 7.18. The number of furan rings is 1. The van der Waals surface area contributed by atoms with Gasteiger partial charge in [-0.05, 0) is 42.8 Å². The second-order valence-electron chi connectivity index (χ2n) is 4.06. The Morgan fingerprint density at radius 3 is 2.74 bits per heavy atom. The summed E-state index contributed by atoms with van der Waals surface area (Å²) in [6.45, 7) is 1.67. The van der Waals surface area contributed by atoms with Gasteiger partial charge < -0.3 is 9.73 Å². The molecule has 0 radical (unpaired) electrons. The van der Waals surface area contributed by atoms with Crippen molar-refractivity contribution in [2.75, 3.05) is 0 Å². The maximum atomic E-state index is 13.1.